The topological polar surface area (TPSA) is 104 Å². The molecular weight excluding hydrogens is 272 g/mol. The van der Waals surface area contributed by atoms with Crippen molar-refractivity contribution in [3.63, 3.8) is 0 Å². The molecule has 0 aliphatic heterocycles. The van der Waals surface area contributed by atoms with E-state index in [-0.39, 0.29) is 12.5 Å². The summed E-state index contributed by atoms with van der Waals surface area (Å²) in [5.74, 6) is -0.0801. The number of aromatic nitrogens is 2. The van der Waals surface area contributed by atoms with Gasteiger partial charge < -0.3 is 15.7 Å². The Morgan fingerprint density at radius 2 is 1.95 bits per heavy atom. The molecule has 0 spiro atoms. The summed E-state index contributed by atoms with van der Waals surface area (Å²) in [5.41, 5.74) is 0.770. The number of carbonyl (C=O) groups is 2. The largest absolute Gasteiger partial charge is 0.481 e. The third-order valence-corrected chi connectivity index (χ3v) is 2.87. The number of carboxylic acid groups (broad SMARTS) is 1. The van der Waals surface area contributed by atoms with E-state index in [1.165, 1.54) is 0 Å². The predicted octanol–water partition coefficient (Wildman–Crippen LogP) is 1.62. The standard InChI is InChI=1S/C14H22N4O3/c1-11-15-9-7-12(18-11)10-17-14(21)16-8-5-3-2-4-6-13(19)20/h7,9H,2-6,8,10H2,1H3,(H,19,20)(H2,16,17,21). The molecule has 116 valence electrons. The number of carboxylic acids is 1. The predicted molar refractivity (Wildman–Crippen MR) is 77.7 cm³/mol. The summed E-state index contributed by atoms with van der Waals surface area (Å²) in [6.07, 6.45) is 5.20. The number of aryl methyl sites for hydroxylation is 1. The Morgan fingerprint density at radius 3 is 2.67 bits per heavy atom. The normalized spacial score (nSPS) is 10.1. The van der Waals surface area contributed by atoms with Gasteiger partial charge in [-0.1, -0.05) is 12.8 Å². The Morgan fingerprint density at radius 1 is 1.19 bits per heavy atom. The van der Waals surface area contributed by atoms with Crippen LogP contribution in [0.25, 0.3) is 0 Å². The van der Waals surface area contributed by atoms with Gasteiger partial charge >= 0.3 is 12.0 Å². The number of urea groups is 1. The van der Waals surface area contributed by atoms with Crippen LogP contribution >= 0.6 is 0 Å². The third-order valence-electron chi connectivity index (χ3n) is 2.87. The number of hydrogen-bond acceptors (Lipinski definition) is 4. The molecule has 0 radical (unpaired) electrons. The lowest BCUT2D eigenvalue weighted by atomic mass is 10.1. The van der Waals surface area contributed by atoms with Crippen molar-refractivity contribution >= 4 is 12.0 Å². The van der Waals surface area contributed by atoms with Gasteiger partial charge in [0.15, 0.2) is 0 Å². The molecule has 2 amide bonds. The molecule has 0 aliphatic rings. The molecule has 3 N–H and O–H groups in total. The average molecular weight is 294 g/mol. The van der Waals surface area contributed by atoms with E-state index < -0.39 is 5.97 Å². The minimum Gasteiger partial charge on any atom is -0.481 e. The van der Waals surface area contributed by atoms with Crippen LogP contribution in [-0.2, 0) is 11.3 Å². The highest BCUT2D eigenvalue weighted by Crippen LogP contribution is 2.02. The fraction of sp³-hybridized carbons (Fsp3) is 0.571. The number of carbonyl (C=O) groups excluding carboxylic acids is 1. The van der Waals surface area contributed by atoms with Crippen molar-refractivity contribution < 1.29 is 14.7 Å². The van der Waals surface area contributed by atoms with Gasteiger partial charge in [0, 0.05) is 19.2 Å². The molecule has 1 heterocycles. The van der Waals surface area contributed by atoms with Crippen molar-refractivity contribution in [1.29, 1.82) is 0 Å². The molecule has 0 fully saturated rings. The summed E-state index contributed by atoms with van der Waals surface area (Å²) in [6.45, 7) is 2.75. The summed E-state index contributed by atoms with van der Waals surface area (Å²) in [7, 11) is 0. The molecule has 0 unspecified atom stereocenters. The van der Waals surface area contributed by atoms with Crippen molar-refractivity contribution in [2.45, 2.75) is 45.6 Å². The lowest BCUT2D eigenvalue weighted by Gasteiger charge is -2.07. The van der Waals surface area contributed by atoms with Crippen molar-refractivity contribution in [3.8, 4) is 0 Å². The molecule has 21 heavy (non-hydrogen) atoms. The van der Waals surface area contributed by atoms with Gasteiger partial charge in [0.05, 0.1) is 12.2 Å². The highest BCUT2D eigenvalue weighted by Gasteiger charge is 2.01. The fourth-order valence-corrected chi connectivity index (χ4v) is 1.79. The number of unbranched alkanes of at least 4 members (excludes halogenated alkanes) is 3. The molecule has 0 aromatic carbocycles. The van der Waals surface area contributed by atoms with Crippen LogP contribution in [-0.4, -0.2) is 33.6 Å². The molecule has 7 nitrogen and oxygen atoms in total. The molecule has 0 atom stereocenters. The first-order valence-electron chi connectivity index (χ1n) is 7.10. The van der Waals surface area contributed by atoms with Gasteiger partial charge in [-0.15, -0.1) is 0 Å². The fourth-order valence-electron chi connectivity index (χ4n) is 1.79. The van der Waals surface area contributed by atoms with Gasteiger partial charge in [-0.2, -0.15) is 0 Å². The first-order valence-corrected chi connectivity index (χ1v) is 7.10. The highest BCUT2D eigenvalue weighted by molar-refractivity contribution is 5.73. The number of nitrogens with one attached hydrogen (secondary N) is 2. The second-order valence-electron chi connectivity index (χ2n) is 4.76. The van der Waals surface area contributed by atoms with Crippen LogP contribution < -0.4 is 10.6 Å². The van der Waals surface area contributed by atoms with Crippen LogP contribution in [0.5, 0.6) is 0 Å². The van der Waals surface area contributed by atoms with Crippen LogP contribution in [0.3, 0.4) is 0 Å². The van der Waals surface area contributed by atoms with Gasteiger partial charge in [-0.05, 0) is 25.8 Å². The smallest absolute Gasteiger partial charge is 0.315 e. The molecule has 1 aromatic heterocycles. The zero-order chi connectivity index (χ0) is 15.5. The lowest BCUT2D eigenvalue weighted by Crippen LogP contribution is -2.35. The minimum atomic E-state index is -0.757. The summed E-state index contributed by atoms with van der Waals surface area (Å²) in [6, 6.07) is 1.53. The van der Waals surface area contributed by atoms with Crippen LogP contribution in [0.4, 0.5) is 4.79 Å². The summed E-state index contributed by atoms with van der Waals surface area (Å²) >= 11 is 0. The van der Waals surface area contributed by atoms with Crippen LogP contribution in [0, 0.1) is 6.92 Å². The van der Waals surface area contributed by atoms with Gasteiger partial charge in [0.2, 0.25) is 0 Å². The molecule has 1 aromatic rings. The number of nitrogens with zero attached hydrogens (tertiary/aromatic N) is 2. The molecule has 0 saturated carbocycles. The SMILES string of the molecule is Cc1nccc(CNC(=O)NCCCCCCC(=O)O)n1. The minimum absolute atomic E-state index is 0.215. The molecule has 0 bridgehead atoms. The number of aliphatic carboxylic acids is 1. The summed E-state index contributed by atoms with van der Waals surface area (Å²) in [5, 5.41) is 14.0. The molecule has 0 aliphatic carbocycles. The maximum absolute atomic E-state index is 11.5. The van der Waals surface area contributed by atoms with E-state index in [4.69, 9.17) is 5.11 Å². The second kappa shape index (κ2) is 9.68. The number of hydrogen-bond donors (Lipinski definition) is 3. The van der Waals surface area contributed by atoms with Gasteiger partial charge in [-0.3, -0.25) is 4.79 Å². The van der Waals surface area contributed by atoms with Crippen molar-refractivity contribution in [2.24, 2.45) is 0 Å². The first kappa shape index (κ1) is 16.9. The van der Waals surface area contributed by atoms with E-state index in [0.29, 0.717) is 25.3 Å². The maximum atomic E-state index is 11.5. The Labute approximate surface area is 124 Å². The molecule has 0 saturated heterocycles. The highest BCUT2D eigenvalue weighted by atomic mass is 16.4. The Kier molecular flexibility index (Phi) is 7.78. The Bertz CT molecular complexity index is 465. The lowest BCUT2D eigenvalue weighted by molar-refractivity contribution is -0.137. The molecule has 1 rings (SSSR count). The van der Waals surface area contributed by atoms with Crippen molar-refractivity contribution in [1.82, 2.24) is 20.6 Å². The Balaban J connectivity index is 2.03. The average Bonchev–Trinajstić information content (AvgIpc) is 2.44. The summed E-state index contributed by atoms with van der Waals surface area (Å²) < 4.78 is 0. The van der Waals surface area contributed by atoms with E-state index in [9.17, 15) is 9.59 Å². The second-order valence-corrected chi connectivity index (χ2v) is 4.76. The number of rotatable bonds is 9. The maximum Gasteiger partial charge on any atom is 0.315 e. The van der Waals surface area contributed by atoms with Crippen LogP contribution in [0.1, 0.15) is 43.6 Å². The zero-order valence-electron chi connectivity index (χ0n) is 12.3. The van der Waals surface area contributed by atoms with E-state index >= 15 is 0 Å². The van der Waals surface area contributed by atoms with E-state index in [1.807, 2.05) is 0 Å². The van der Waals surface area contributed by atoms with Gasteiger partial charge in [0.1, 0.15) is 5.82 Å². The van der Waals surface area contributed by atoms with Gasteiger partial charge in [0.25, 0.3) is 0 Å². The van der Waals surface area contributed by atoms with E-state index in [0.717, 1.165) is 25.0 Å². The van der Waals surface area contributed by atoms with Crippen LogP contribution in [0.15, 0.2) is 12.3 Å². The molecule has 7 heteroatoms. The zero-order valence-corrected chi connectivity index (χ0v) is 12.3. The first-order chi connectivity index (χ1) is 10.1. The third kappa shape index (κ3) is 8.56. The van der Waals surface area contributed by atoms with Gasteiger partial charge in [-0.25, -0.2) is 14.8 Å². The monoisotopic (exact) mass is 294 g/mol. The van der Waals surface area contributed by atoms with E-state index in [1.54, 1.807) is 19.2 Å². The Hall–Kier alpha value is -2.18. The van der Waals surface area contributed by atoms with Crippen LogP contribution in [0.2, 0.25) is 0 Å². The van der Waals surface area contributed by atoms with Crippen molar-refractivity contribution in [3.05, 3.63) is 23.8 Å². The summed E-state index contributed by atoms with van der Waals surface area (Å²) in [4.78, 5) is 30.0. The quantitative estimate of drug-likeness (QED) is 0.600. The molecular formula is C14H22N4O3. The van der Waals surface area contributed by atoms with E-state index in [2.05, 4.69) is 20.6 Å². The van der Waals surface area contributed by atoms with Crippen molar-refractivity contribution in [2.75, 3.05) is 6.54 Å². The number of amides is 2.